The molecule has 0 bridgehead atoms. The number of non-ortho nitro benzene ring substituents is 1. The zero-order chi connectivity index (χ0) is 18.6. The van der Waals surface area contributed by atoms with Gasteiger partial charge in [0.2, 0.25) is 0 Å². The van der Waals surface area contributed by atoms with Crippen LogP contribution in [0.2, 0.25) is 0 Å². The van der Waals surface area contributed by atoms with Crippen LogP contribution in [0.5, 0.6) is 0 Å². The number of hydrogen-bond donors (Lipinski definition) is 1. The van der Waals surface area contributed by atoms with Crippen LogP contribution in [0.4, 0.5) is 10.8 Å². The molecule has 138 valence electrons. The summed E-state index contributed by atoms with van der Waals surface area (Å²) in [7, 11) is 0. The van der Waals surface area contributed by atoms with E-state index in [0.717, 1.165) is 54.7 Å². The number of aromatic nitrogens is 1. The summed E-state index contributed by atoms with van der Waals surface area (Å²) in [6.07, 6.45) is 0. The van der Waals surface area contributed by atoms with Crippen LogP contribution >= 0.6 is 11.3 Å². The topological polar surface area (TPSA) is 63.7 Å². The van der Waals surface area contributed by atoms with Gasteiger partial charge in [0, 0.05) is 28.6 Å². The van der Waals surface area contributed by atoms with Gasteiger partial charge in [-0.25, -0.2) is 4.98 Å². The van der Waals surface area contributed by atoms with Crippen molar-refractivity contribution in [2.75, 3.05) is 31.1 Å². The molecule has 1 aliphatic rings. The maximum Gasteiger partial charge on any atom is 0.269 e. The highest BCUT2D eigenvalue weighted by atomic mass is 32.1. The molecular weight excluding hydrogens is 360 g/mol. The van der Waals surface area contributed by atoms with Crippen LogP contribution in [0.25, 0.3) is 11.3 Å². The zero-order valence-corrected chi connectivity index (χ0v) is 15.7. The smallest absolute Gasteiger partial charge is 0.269 e. The molecule has 6 nitrogen and oxygen atoms in total. The molecule has 1 saturated heterocycles. The molecular formula is C20H21N4O2S+. The van der Waals surface area contributed by atoms with E-state index < -0.39 is 0 Å². The minimum absolute atomic E-state index is 0.150. The molecule has 0 spiro atoms. The van der Waals surface area contributed by atoms with E-state index >= 15 is 0 Å². The van der Waals surface area contributed by atoms with Gasteiger partial charge in [-0.05, 0) is 12.1 Å². The van der Waals surface area contributed by atoms with E-state index in [4.69, 9.17) is 4.98 Å². The maximum atomic E-state index is 10.8. The molecule has 0 saturated carbocycles. The van der Waals surface area contributed by atoms with Crippen molar-refractivity contribution in [1.29, 1.82) is 0 Å². The Bertz CT molecular complexity index is 903. The van der Waals surface area contributed by atoms with Crippen LogP contribution in [0.1, 0.15) is 5.56 Å². The van der Waals surface area contributed by atoms with E-state index in [1.54, 1.807) is 23.5 Å². The summed E-state index contributed by atoms with van der Waals surface area (Å²) in [5.41, 5.74) is 3.49. The molecule has 0 radical (unpaired) electrons. The van der Waals surface area contributed by atoms with Crippen molar-refractivity contribution in [3.05, 3.63) is 75.7 Å². The van der Waals surface area contributed by atoms with Crippen LogP contribution in [0.15, 0.2) is 60.0 Å². The van der Waals surface area contributed by atoms with Crippen molar-refractivity contribution in [1.82, 2.24) is 4.98 Å². The Hall–Kier alpha value is -2.77. The number of thiazole rings is 1. The third-order valence-electron chi connectivity index (χ3n) is 4.90. The highest BCUT2D eigenvalue weighted by Gasteiger charge is 2.22. The first-order chi connectivity index (χ1) is 13.2. The summed E-state index contributed by atoms with van der Waals surface area (Å²) in [5.74, 6) is 0. The molecule has 0 atom stereocenters. The fourth-order valence-electron chi connectivity index (χ4n) is 3.37. The van der Waals surface area contributed by atoms with Crippen LogP contribution in [-0.4, -0.2) is 36.1 Å². The fraction of sp³-hybridized carbons (Fsp3) is 0.250. The van der Waals surface area contributed by atoms with Crippen molar-refractivity contribution < 1.29 is 9.82 Å². The number of nitrogens with one attached hydrogen (secondary N) is 1. The summed E-state index contributed by atoms with van der Waals surface area (Å²) in [4.78, 5) is 19.1. The second-order valence-corrected chi connectivity index (χ2v) is 7.56. The minimum Gasteiger partial charge on any atom is -0.337 e. The van der Waals surface area contributed by atoms with E-state index in [9.17, 15) is 10.1 Å². The average molecular weight is 381 g/mol. The Labute approximate surface area is 161 Å². The first-order valence-corrected chi connectivity index (χ1v) is 9.90. The Balaban J connectivity index is 1.34. The molecule has 0 unspecified atom stereocenters. The molecule has 1 aliphatic heterocycles. The van der Waals surface area contributed by atoms with Gasteiger partial charge >= 0.3 is 0 Å². The lowest BCUT2D eigenvalue weighted by molar-refractivity contribution is -0.914. The summed E-state index contributed by atoms with van der Waals surface area (Å²) < 4.78 is 0. The third kappa shape index (κ3) is 4.15. The van der Waals surface area contributed by atoms with E-state index in [1.165, 1.54) is 4.90 Å². The number of hydrogen-bond acceptors (Lipinski definition) is 5. The molecule has 1 N–H and O–H groups in total. The number of quaternary nitrogens is 1. The van der Waals surface area contributed by atoms with Crippen molar-refractivity contribution >= 4 is 22.2 Å². The average Bonchev–Trinajstić information content (AvgIpc) is 3.20. The van der Waals surface area contributed by atoms with Gasteiger partial charge in [-0.1, -0.05) is 30.3 Å². The van der Waals surface area contributed by atoms with E-state index in [2.05, 4.69) is 22.4 Å². The molecule has 3 aromatic rings. The quantitative estimate of drug-likeness (QED) is 0.545. The molecule has 1 aromatic heterocycles. The van der Waals surface area contributed by atoms with Crippen molar-refractivity contribution in [2.24, 2.45) is 0 Å². The monoisotopic (exact) mass is 381 g/mol. The molecule has 27 heavy (non-hydrogen) atoms. The number of nitro benzene ring substituents is 1. The first-order valence-electron chi connectivity index (χ1n) is 9.02. The van der Waals surface area contributed by atoms with E-state index in [-0.39, 0.29) is 10.6 Å². The Kier molecular flexibility index (Phi) is 5.13. The number of benzene rings is 2. The lowest BCUT2D eigenvalue weighted by atomic mass is 10.2. The van der Waals surface area contributed by atoms with Crippen molar-refractivity contribution in [3.8, 4) is 11.3 Å². The molecule has 1 fully saturated rings. The van der Waals surface area contributed by atoms with Crippen LogP contribution < -0.4 is 9.80 Å². The Morgan fingerprint density at radius 1 is 1.07 bits per heavy atom. The largest absolute Gasteiger partial charge is 0.337 e. The van der Waals surface area contributed by atoms with Gasteiger partial charge in [0.05, 0.1) is 36.8 Å². The van der Waals surface area contributed by atoms with Crippen molar-refractivity contribution in [2.45, 2.75) is 6.54 Å². The maximum absolute atomic E-state index is 10.8. The summed E-state index contributed by atoms with van der Waals surface area (Å²) in [5, 5.41) is 14.0. The van der Waals surface area contributed by atoms with Gasteiger partial charge < -0.3 is 9.80 Å². The van der Waals surface area contributed by atoms with Gasteiger partial charge in [-0.3, -0.25) is 10.1 Å². The predicted octanol–water partition coefficient (Wildman–Crippen LogP) is 2.62. The first kappa shape index (κ1) is 17.6. The van der Waals surface area contributed by atoms with E-state index in [0.29, 0.717) is 0 Å². The molecule has 2 aromatic carbocycles. The van der Waals surface area contributed by atoms with Gasteiger partial charge in [0.1, 0.15) is 6.54 Å². The fourth-order valence-corrected chi connectivity index (χ4v) is 4.25. The third-order valence-corrected chi connectivity index (χ3v) is 5.81. The Morgan fingerprint density at radius 2 is 1.78 bits per heavy atom. The lowest BCUT2D eigenvalue weighted by Gasteiger charge is -2.32. The van der Waals surface area contributed by atoms with Crippen molar-refractivity contribution in [3.63, 3.8) is 0 Å². The highest BCUT2D eigenvalue weighted by molar-refractivity contribution is 7.14. The predicted molar refractivity (Wildman–Crippen MR) is 107 cm³/mol. The van der Waals surface area contributed by atoms with Crippen LogP contribution in [0, 0.1) is 10.1 Å². The number of piperazine rings is 1. The molecule has 0 aliphatic carbocycles. The van der Waals surface area contributed by atoms with Crippen LogP contribution in [-0.2, 0) is 6.54 Å². The van der Waals surface area contributed by atoms with Crippen LogP contribution in [0.3, 0.4) is 0 Å². The normalized spacial score (nSPS) is 15.0. The second-order valence-electron chi connectivity index (χ2n) is 6.72. The molecule has 0 amide bonds. The molecule has 4 rings (SSSR count). The standard InChI is InChI=1S/C20H20N4O2S/c25-24(26)18-8-6-16(7-9-18)14-22-10-12-23(13-11-22)20-21-19(15-27-20)17-4-2-1-3-5-17/h1-9,15H,10-14H2/p+1. The number of nitrogens with zero attached hydrogens (tertiary/aromatic N) is 3. The number of nitro groups is 1. The minimum atomic E-state index is -0.354. The number of rotatable bonds is 5. The zero-order valence-electron chi connectivity index (χ0n) is 14.9. The molecule has 2 heterocycles. The SMILES string of the molecule is O=[N+]([O-])c1ccc(C[NH+]2CCN(c3nc(-c4ccccc4)cs3)CC2)cc1. The summed E-state index contributed by atoms with van der Waals surface area (Å²) in [6, 6.07) is 17.2. The summed E-state index contributed by atoms with van der Waals surface area (Å²) in [6.45, 7) is 4.93. The molecule has 7 heteroatoms. The highest BCUT2D eigenvalue weighted by Crippen LogP contribution is 2.27. The Morgan fingerprint density at radius 3 is 2.44 bits per heavy atom. The van der Waals surface area contributed by atoms with Gasteiger partial charge in [0.25, 0.3) is 5.69 Å². The van der Waals surface area contributed by atoms with E-state index in [1.807, 2.05) is 30.3 Å². The van der Waals surface area contributed by atoms with Gasteiger partial charge in [-0.15, -0.1) is 11.3 Å². The van der Waals surface area contributed by atoms with Gasteiger partial charge in [0.15, 0.2) is 5.13 Å². The lowest BCUT2D eigenvalue weighted by Crippen LogP contribution is -3.13. The second kappa shape index (κ2) is 7.85. The van der Waals surface area contributed by atoms with Gasteiger partial charge in [-0.2, -0.15) is 0 Å². The summed E-state index contributed by atoms with van der Waals surface area (Å²) >= 11 is 1.70. The number of anilines is 1.